The predicted molar refractivity (Wildman–Crippen MR) is 60.4 cm³/mol. The molecule has 1 aliphatic heterocycles. The number of nitro groups is 1. The van der Waals surface area contributed by atoms with Crippen molar-refractivity contribution >= 4 is 5.69 Å². The maximum atomic E-state index is 11.0. The Morgan fingerprint density at radius 1 is 1.35 bits per heavy atom. The first-order valence-electron chi connectivity index (χ1n) is 5.85. The fraction of sp³-hybridized carbons (Fsp3) is 0.500. The van der Waals surface area contributed by atoms with Crippen LogP contribution in [-0.2, 0) is 0 Å². The van der Waals surface area contributed by atoms with Gasteiger partial charge < -0.3 is 9.84 Å². The van der Waals surface area contributed by atoms with Crippen molar-refractivity contribution in [3.63, 3.8) is 0 Å². The third-order valence-corrected chi connectivity index (χ3v) is 3.69. The summed E-state index contributed by atoms with van der Waals surface area (Å²) in [4.78, 5) is 10.5. The Morgan fingerprint density at radius 2 is 2.12 bits per heavy atom. The molecule has 17 heavy (non-hydrogen) atoms. The van der Waals surface area contributed by atoms with E-state index in [4.69, 9.17) is 4.74 Å². The lowest BCUT2D eigenvalue weighted by Crippen LogP contribution is -2.22. The summed E-state index contributed by atoms with van der Waals surface area (Å²) in [7, 11) is 0. The minimum Gasteiger partial charge on any atom is -0.502 e. The third-order valence-electron chi connectivity index (χ3n) is 3.69. The van der Waals surface area contributed by atoms with Crippen molar-refractivity contribution in [2.45, 2.75) is 37.7 Å². The maximum Gasteiger partial charge on any atom is 0.317 e. The number of phenols is 1. The van der Waals surface area contributed by atoms with Crippen LogP contribution in [0.2, 0.25) is 0 Å². The molecule has 1 saturated carbocycles. The second-order valence-corrected chi connectivity index (χ2v) is 4.65. The van der Waals surface area contributed by atoms with Gasteiger partial charge in [-0.1, -0.05) is 6.42 Å². The Morgan fingerprint density at radius 3 is 2.88 bits per heavy atom. The van der Waals surface area contributed by atoms with E-state index in [9.17, 15) is 15.2 Å². The second-order valence-electron chi connectivity index (χ2n) is 4.65. The molecule has 1 aliphatic carbocycles. The molecule has 2 unspecified atom stereocenters. The molecule has 2 aliphatic rings. The molecule has 1 aromatic carbocycles. The number of ether oxygens (including phenoxy) is 1. The summed E-state index contributed by atoms with van der Waals surface area (Å²) < 4.78 is 5.74. The molecular weight excluding hydrogens is 222 g/mol. The van der Waals surface area contributed by atoms with E-state index in [1.54, 1.807) is 6.07 Å². The first kappa shape index (κ1) is 10.4. The Bertz CT molecular complexity index is 486. The third kappa shape index (κ3) is 1.45. The molecule has 1 aromatic rings. The van der Waals surface area contributed by atoms with Gasteiger partial charge in [0.1, 0.15) is 11.9 Å². The zero-order chi connectivity index (χ0) is 12.0. The van der Waals surface area contributed by atoms with E-state index in [0.717, 1.165) is 25.7 Å². The number of phenolic OH excluding ortho intramolecular Hbond substituents is 1. The van der Waals surface area contributed by atoms with Gasteiger partial charge >= 0.3 is 5.69 Å². The molecule has 0 spiro atoms. The Labute approximate surface area is 98.2 Å². The van der Waals surface area contributed by atoms with Crippen LogP contribution in [0.5, 0.6) is 11.5 Å². The van der Waals surface area contributed by atoms with Gasteiger partial charge in [0.2, 0.25) is 0 Å². The number of hydrogen-bond acceptors (Lipinski definition) is 4. The molecule has 0 bridgehead atoms. The Balaban J connectivity index is 2.15. The number of fused-ring (bicyclic) bond motifs is 3. The molecule has 3 rings (SSSR count). The van der Waals surface area contributed by atoms with Crippen molar-refractivity contribution in [2.75, 3.05) is 0 Å². The number of rotatable bonds is 1. The van der Waals surface area contributed by atoms with E-state index in [2.05, 4.69) is 0 Å². The van der Waals surface area contributed by atoms with Gasteiger partial charge in [-0.3, -0.25) is 10.1 Å². The fourth-order valence-electron chi connectivity index (χ4n) is 2.96. The van der Waals surface area contributed by atoms with Gasteiger partial charge in [-0.15, -0.1) is 0 Å². The summed E-state index contributed by atoms with van der Waals surface area (Å²) in [5, 5.41) is 20.7. The second kappa shape index (κ2) is 3.61. The summed E-state index contributed by atoms with van der Waals surface area (Å²) in [6.07, 6.45) is 4.07. The molecule has 0 amide bonds. The number of aromatic hydroxyl groups is 1. The minimum absolute atomic E-state index is 0.0549. The summed E-state index contributed by atoms with van der Waals surface area (Å²) in [6.45, 7) is 0. The van der Waals surface area contributed by atoms with Gasteiger partial charge in [-0.05, 0) is 31.4 Å². The van der Waals surface area contributed by atoms with E-state index in [-0.39, 0.29) is 23.5 Å². The summed E-state index contributed by atoms with van der Waals surface area (Å²) in [5.74, 6) is 0.390. The highest BCUT2D eigenvalue weighted by Gasteiger charge is 2.42. The molecule has 5 nitrogen and oxygen atoms in total. The van der Waals surface area contributed by atoms with Crippen molar-refractivity contribution in [2.24, 2.45) is 0 Å². The average molecular weight is 235 g/mol. The van der Waals surface area contributed by atoms with Gasteiger partial charge in [-0.25, -0.2) is 0 Å². The smallest absolute Gasteiger partial charge is 0.317 e. The lowest BCUT2D eigenvalue weighted by molar-refractivity contribution is -0.386. The van der Waals surface area contributed by atoms with Crippen LogP contribution in [0.3, 0.4) is 0 Å². The molecule has 0 radical (unpaired) electrons. The molecule has 0 aromatic heterocycles. The van der Waals surface area contributed by atoms with Crippen molar-refractivity contribution in [1.29, 1.82) is 0 Å². The van der Waals surface area contributed by atoms with Crippen LogP contribution in [0.4, 0.5) is 5.69 Å². The summed E-state index contributed by atoms with van der Waals surface area (Å²) >= 11 is 0. The van der Waals surface area contributed by atoms with E-state index >= 15 is 0 Å². The molecule has 1 N–H and O–H groups in total. The number of benzene rings is 1. The Hall–Kier alpha value is -1.78. The molecule has 90 valence electrons. The minimum atomic E-state index is -0.505. The maximum absolute atomic E-state index is 11.0. The van der Waals surface area contributed by atoms with Gasteiger partial charge in [0.05, 0.1) is 10.5 Å². The average Bonchev–Trinajstić information content (AvgIpc) is 2.67. The van der Waals surface area contributed by atoms with Crippen LogP contribution in [-0.4, -0.2) is 16.1 Å². The van der Waals surface area contributed by atoms with Crippen molar-refractivity contribution in [3.8, 4) is 11.5 Å². The molecule has 1 fully saturated rings. The SMILES string of the molecule is O=[N+]([O-])c1c(O)ccc2c1C1CCCCC1O2. The fourth-order valence-corrected chi connectivity index (χ4v) is 2.96. The number of nitrogens with zero attached hydrogens (tertiary/aromatic N) is 1. The molecule has 0 saturated heterocycles. The van der Waals surface area contributed by atoms with E-state index in [1.165, 1.54) is 6.07 Å². The van der Waals surface area contributed by atoms with Gasteiger partial charge in [0.25, 0.3) is 0 Å². The summed E-state index contributed by atoms with van der Waals surface area (Å²) in [6, 6.07) is 2.98. The first-order valence-corrected chi connectivity index (χ1v) is 5.85. The first-order chi connectivity index (χ1) is 8.18. The van der Waals surface area contributed by atoms with E-state index < -0.39 is 4.92 Å². The zero-order valence-corrected chi connectivity index (χ0v) is 9.26. The van der Waals surface area contributed by atoms with E-state index in [1.807, 2.05) is 0 Å². The van der Waals surface area contributed by atoms with Gasteiger partial charge in [0, 0.05) is 5.92 Å². The zero-order valence-electron chi connectivity index (χ0n) is 9.26. The molecular formula is C12H13NO4. The molecule has 1 heterocycles. The van der Waals surface area contributed by atoms with Crippen molar-refractivity contribution in [1.82, 2.24) is 0 Å². The number of nitro benzene ring substituents is 1. The van der Waals surface area contributed by atoms with Crippen LogP contribution in [0.25, 0.3) is 0 Å². The lowest BCUT2D eigenvalue weighted by atomic mass is 9.82. The topological polar surface area (TPSA) is 72.6 Å². The van der Waals surface area contributed by atoms with Gasteiger partial charge in [-0.2, -0.15) is 0 Å². The van der Waals surface area contributed by atoms with Gasteiger partial charge in [0.15, 0.2) is 5.75 Å². The van der Waals surface area contributed by atoms with Crippen LogP contribution in [0.15, 0.2) is 12.1 Å². The van der Waals surface area contributed by atoms with Crippen molar-refractivity contribution in [3.05, 3.63) is 27.8 Å². The summed E-state index contributed by atoms with van der Waals surface area (Å²) in [5.41, 5.74) is 0.427. The number of hydrogen-bond donors (Lipinski definition) is 1. The molecule has 5 heteroatoms. The predicted octanol–water partition coefficient (Wildman–Crippen LogP) is 2.72. The Kier molecular flexibility index (Phi) is 2.21. The quantitative estimate of drug-likeness (QED) is 0.600. The van der Waals surface area contributed by atoms with Crippen molar-refractivity contribution < 1.29 is 14.8 Å². The van der Waals surface area contributed by atoms with Crippen LogP contribution in [0.1, 0.15) is 37.2 Å². The lowest BCUT2D eigenvalue weighted by Gasteiger charge is -2.23. The highest BCUT2D eigenvalue weighted by molar-refractivity contribution is 5.62. The normalized spacial score (nSPS) is 25.9. The highest BCUT2D eigenvalue weighted by Crippen LogP contribution is 2.51. The molecule has 2 atom stereocenters. The van der Waals surface area contributed by atoms with Crippen LogP contribution in [0, 0.1) is 10.1 Å². The standard InChI is InChI=1S/C12H13NO4/c14-8-5-6-10-11(12(8)13(15)16)7-3-1-2-4-9(7)17-10/h5-7,9,14H,1-4H2. The van der Waals surface area contributed by atoms with Crippen LogP contribution >= 0.6 is 0 Å². The van der Waals surface area contributed by atoms with E-state index in [0.29, 0.717) is 11.3 Å². The monoisotopic (exact) mass is 235 g/mol. The highest BCUT2D eigenvalue weighted by atomic mass is 16.6. The largest absolute Gasteiger partial charge is 0.502 e. The van der Waals surface area contributed by atoms with Crippen LogP contribution < -0.4 is 4.74 Å².